The van der Waals surface area contributed by atoms with Gasteiger partial charge < -0.3 is 16.0 Å². The van der Waals surface area contributed by atoms with E-state index in [4.69, 9.17) is 17.3 Å². The van der Waals surface area contributed by atoms with Gasteiger partial charge >= 0.3 is 6.18 Å². The summed E-state index contributed by atoms with van der Waals surface area (Å²) in [5.41, 5.74) is 5.33. The quantitative estimate of drug-likeness (QED) is 0.832. The molecule has 0 aliphatic carbocycles. The van der Waals surface area contributed by atoms with Gasteiger partial charge in [0.05, 0.1) is 11.5 Å². The molecule has 0 radical (unpaired) electrons. The Labute approximate surface area is 140 Å². The number of carbonyl (C=O) groups excluding carboxylic acids is 2. The highest BCUT2D eigenvalue weighted by molar-refractivity contribution is 6.29. The number of hydrogen-bond donors (Lipinski definition) is 2. The SMILES string of the molecule is NC(=O)c1cc(Cl)nnc1N1CCCC(C(=O)NCC(F)(F)F)C1. The minimum absolute atomic E-state index is 0.0102. The number of nitrogens with two attached hydrogens (primary N) is 1. The van der Waals surface area contributed by atoms with Gasteiger partial charge in [-0.3, -0.25) is 9.59 Å². The number of anilines is 1. The van der Waals surface area contributed by atoms with E-state index in [2.05, 4.69) is 10.2 Å². The number of amides is 2. The third kappa shape index (κ3) is 4.70. The zero-order chi connectivity index (χ0) is 17.9. The number of piperidine rings is 1. The van der Waals surface area contributed by atoms with Gasteiger partial charge in [-0.1, -0.05) is 11.6 Å². The monoisotopic (exact) mass is 365 g/mol. The highest BCUT2D eigenvalue weighted by Gasteiger charge is 2.32. The van der Waals surface area contributed by atoms with Crippen LogP contribution in [0.4, 0.5) is 19.0 Å². The molecule has 24 heavy (non-hydrogen) atoms. The summed E-state index contributed by atoms with van der Waals surface area (Å²) in [5, 5.41) is 9.35. The summed E-state index contributed by atoms with van der Waals surface area (Å²) in [7, 11) is 0. The first-order valence-corrected chi connectivity index (χ1v) is 7.47. The first-order valence-electron chi connectivity index (χ1n) is 7.10. The second kappa shape index (κ2) is 7.20. The molecule has 132 valence electrons. The van der Waals surface area contributed by atoms with Crippen LogP contribution in [0, 0.1) is 5.92 Å². The smallest absolute Gasteiger partial charge is 0.365 e. The van der Waals surface area contributed by atoms with Crippen LogP contribution >= 0.6 is 11.6 Å². The molecule has 7 nitrogen and oxygen atoms in total. The summed E-state index contributed by atoms with van der Waals surface area (Å²) in [5.74, 6) is -1.94. The number of nitrogens with zero attached hydrogens (tertiary/aromatic N) is 3. The third-order valence-electron chi connectivity index (χ3n) is 3.56. The number of halogens is 4. The molecular weight excluding hydrogens is 351 g/mol. The summed E-state index contributed by atoms with van der Waals surface area (Å²) >= 11 is 5.69. The fourth-order valence-electron chi connectivity index (χ4n) is 2.49. The topological polar surface area (TPSA) is 101 Å². The van der Waals surface area contributed by atoms with E-state index in [0.717, 1.165) is 0 Å². The molecule has 1 aromatic rings. The fourth-order valence-corrected chi connectivity index (χ4v) is 2.64. The van der Waals surface area contributed by atoms with Crippen molar-refractivity contribution in [2.75, 3.05) is 24.5 Å². The van der Waals surface area contributed by atoms with Crippen LogP contribution in [0.3, 0.4) is 0 Å². The molecular formula is C13H15ClF3N5O2. The number of hydrogen-bond acceptors (Lipinski definition) is 5. The zero-order valence-corrected chi connectivity index (χ0v) is 13.2. The minimum Gasteiger partial charge on any atom is -0.365 e. The largest absolute Gasteiger partial charge is 0.405 e. The minimum atomic E-state index is -4.47. The van der Waals surface area contributed by atoms with Crippen molar-refractivity contribution in [2.45, 2.75) is 19.0 Å². The van der Waals surface area contributed by atoms with Crippen molar-refractivity contribution >= 4 is 29.2 Å². The van der Waals surface area contributed by atoms with Gasteiger partial charge in [0.25, 0.3) is 5.91 Å². The Hall–Kier alpha value is -2.10. The maximum absolute atomic E-state index is 12.2. The average Bonchev–Trinajstić information content (AvgIpc) is 2.52. The maximum atomic E-state index is 12.2. The van der Waals surface area contributed by atoms with Gasteiger partial charge in [-0.2, -0.15) is 13.2 Å². The van der Waals surface area contributed by atoms with Gasteiger partial charge in [-0.15, -0.1) is 10.2 Å². The number of rotatable bonds is 4. The Bertz CT molecular complexity index is 641. The lowest BCUT2D eigenvalue weighted by Gasteiger charge is -2.33. The van der Waals surface area contributed by atoms with E-state index >= 15 is 0 Å². The van der Waals surface area contributed by atoms with Crippen LogP contribution in [-0.4, -0.2) is 47.8 Å². The molecule has 1 saturated heterocycles. The Morgan fingerprint density at radius 3 is 2.75 bits per heavy atom. The van der Waals surface area contributed by atoms with Crippen molar-refractivity contribution in [2.24, 2.45) is 11.7 Å². The van der Waals surface area contributed by atoms with Crippen molar-refractivity contribution in [1.82, 2.24) is 15.5 Å². The first-order chi connectivity index (χ1) is 11.2. The Morgan fingerprint density at radius 2 is 2.12 bits per heavy atom. The predicted octanol–water partition coefficient (Wildman–Crippen LogP) is 1.12. The number of nitrogens with one attached hydrogen (secondary N) is 1. The fraction of sp³-hybridized carbons (Fsp3) is 0.538. The normalized spacial score (nSPS) is 18.3. The number of carbonyl (C=O) groups is 2. The summed E-state index contributed by atoms with van der Waals surface area (Å²) in [6.45, 7) is -0.796. The maximum Gasteiger partial charge on any atom is 0.405 e. The van der Waals surface area contributed by atoms with E-state index < -0.39 is 30.5 Å². The molecule has 0 aromatic carbocycles. The van der Waals surface area contributed by atoms with Crippen LogP contribution in [0.5, 0.6) is 0 Å². The molecule has 1 aromatic heterocycles. The molecule has 1 fully saturated rings. The third-order valence-corrected chi connectivity index (χ3v) is 3.75. The molecule has 0 saturated carbocycles. The number of alkyl halides is 3. The Kier molecular flexibility index (Phi) is 5.47. The highest BCUT2D eigenvalue weighted by atomic mass is 35.5. The lowest BCUT2D eigenvalue weighted by atomic mass is 9.96. The van der Waals surface area contributed by atoms with Crippen molar-refractivity contribution in [3.63, 3.8) is 0 Å². The van der Waals surface area contributed by atoms with E-state index in [1.807, 2.05) is 5.32 Å². The van der Waals surface area contributed by atoms with Crippen LogP contribution in [-0.2, 0) is 4.79 Å². The molecule has 2 rings (SSSR count). The molecule has 1 aliphatic rings. The van der Waals surface area contributed by atoms with Gasteiger partial charge in [0.2, 0.25) is 5.91 Å². The zero-order valence-electron chi connectivity index (χ0n) is 12.4. The summed E-state index contributed by atoms with van der Waals surface area (Å²) in [6.07, 6.45) is -3.48. The average molecular weight is 366 g/mol. The van der Waals surface area contributed by atoms with Gasteiger partial charge in [0, 0.05) is 13.1 Å². The molecule has 11 heteroatoms. The van der Waals surface area contributed by atoms with Crippen molar-refractivity contribution in [3.8, 4) is 0 Å². The van der Waals surface area contributed by atoms with Crippen molar-refractivity contribution in [3.05, 3.63) is 16.8 Å². The molecule has 0 spiro atoms. The molecule has 0 bridgehead atoms. The molecule has 1 atom stereocenters. The van der Waals surface area contributed by atoms with Gasteiger partial charge in [-0.25, -0.2) is 0 Å². The van der Waals surface area contributed by atoms with Crippen LogP contribution in [0.15, 0.2) is 6.07 Å². The van der Waals surface area contributed by atoms with E-state index in [-0.39, 0.29) is 23.1 Å². The van der Waals surface area contributed by atoms with E-state index in [9.17, 15) is 22.8 Å². The lowest BCUT2D eigenvalue weighted by molar-refractivity contribution is -0.140. The van der Waals surface area contributed by atoms with Crippen LogP contribution in [0.25, 0.3) is 0 Å². The Morgan fingerprint density at radius 1 is 1.42 bits per heavy atom. The van der Waals surface area contributed by atoms with E-state index in [1.54, 1.807) is 4.90 Å². The number of aromatic nitrogens is 2. The lowest BCUT2D eigenvalue weighted by Crippen LogP contribution is -2.46. The molecule has 2 amide bonds. The Balaban J connectivity index is 2.11. The molecule has 3 N–H and O–H groups in total. The van der Waals surface area contributed by atoms with Gasteiger partial charge in [0.15, 0.2) is 11.0 Å². The molecule has 1 unspecified atom stereocenters. The highest BCUT2D eigenvalue weighted by Crippen LogP contribution is 2.25. The van der Waals surface area contributed by atoms with Gasteiger partial charge in [0.1, 0.15) is 6.54 Å². The molecule has 2 heterocycles. The summed E-state index contributed by atoms with van der Waals surface area (Å²) in [4.78, 5) is 25.0. The van der Waals surface area contributed by atoms with E-state index in [0.29, 0.717) is 19.4 Å². The predicted molar refractivity (Wildman–Crippen MR) is 79.6 cm³/mol. The van der Waals surface area contributed by atoms with Crippen LogP contribution in [0.2, 0.25) is 5.15 Å². The van der Waals surface area contributed by atoms with Crippen LogP contribution < -0.4 is 16.0 Å². The summed E-state index contributed by atoms with van der Waals surface area (Å²) in [6, 6.07) is 1.26. The van der Waals surface area contributed by atoms with Crippen molar-refractivity contribution in [1.29, 1.82) is 0 Å². The summed E-state index contributed by atoms with van der Waals surface area (Å²) < 4.78 is 36.6. The van der Waals surface area contributed by atoms with Crippen molar-refractivity contribution < 1.29 is 22.8 Å². The molecule has 1 aliphatic heterocycles. The standard InChI is InChI=1S/C13H15ClF3N5O2/c14-9-4-8(10(18)23)11(21-20-9)22-3-1-2-7(5-22)12(24)19-6-13(15,16)17/h4,7H,1-3,5-6H2,(H2,18,23)(H,19,24). The first kappa shape index (κ1) is 18.2. The second-order valence-corrected chi connectivity index (χ2v) is 5.77. The van der Waals surface area contributed by atoms with E-state index in [1.165, 1.54) is 6.07 Å². The number of primary amides is 1. The van der Waals surface area contributed by atoms with Crippen LogP contribution in [0.1, 0.15) is 23.2 Å². The van der Waals surface area contributed by atoms with Gasteiger partial charge in [-0.05, 0) is 18.9 Å². The second-order valence-electron chi connectivity index (χ2n) is 5.39.